The van der Waals surface area contributed by atoms with Gasteiger partial charge in [0.15, 0.2) is 35.1 Å². The summed E-state index contributed by atoms with van der Waals surface area (Å²) in [6.45, 7) is 14.9. The van der Waals surface area contributed by atoms with Gasteiger partial charge in [-0.25, -0.2) is 9.97 Å². The van der Waals surface area contributed by atoms with Crippen molar-refractivity contribution < 1.29 is 19.3 Å². The predicted molar refractivity (Wildman–Crippen MR) is 214 cm³/mol. The summed E-state index contributed by atoms with van der Waals surface area (Å²) < 4.78 is 3.04. The SMILES string of the molecule is CC(C)(C)C(=O)Cl.Cc1nnnn1/C(=N/OCc1csc(N)n1)c1ccsc1.Cc1nnnn1/C(=N/OCc1csc(NC(=O)C(C)(C)C)n1)c1ccsc1. The predicted octanol–water partition coefficient (Wildman–Crippen LogP) is 6.22. The molecule has 0 aliphatic heterocycles. The molecule has 18 nitrogen and oxygen atoms in total. The van der Waals surface area contributed by atoms with Crippen LogP contribution in [0.25, 0.3) is 0 Å². The Hall–Kier alpha value is -5.03. The number of hydrogen-bond acceptors (Lipinski definition) is 19. The molecule has 1 amide bonds. The average molecular weight is 847 g/mol. The van der Waals surface area contributed by atoms with E-state index >= 15 is 0 Å². The van der Waals surface area contributed by atoms with Gasteiger partial charge in [0.05, 0.1) is 11.4 Å². The summed E-state index contributed by atoms with van der Waals surface area (Å²) >= 11 is 10.9. The number of tetrazole rings is 2. The normalized spacial score (nSPS) is 11.9. The second-order valence-corrected chi connectivity index (χ2v) is 16.9. The molecule has 6 rings (SSSR count). The maximum Gasteiger partial charge on any atom is 0.231 e. The van der Waals surface area contributed by atoms with Gasteiger partial charge in [0.25, 0.3) is 0 Å². The Labute approximate surface area is 337 Å². The van der Waals surface area contributed by atoms with E-state index in [4.69, 9.17) is 27.0 Å². The Kier molecular flexibility index (Phi) is 15.2. The minimum absolute atomic E-state index is 0.0868. The van der Waals surface area contributed by atoms with Crippen molar-refractivity contribution in [1.29, 1.82) is 0 Å². The van der Waals surface area contributed by atoms with Crippen molar-refractivity contribution in [2.45, 2.75) is 68.6 Å². The molecular weight excluding hydrogens is 808 g/mol. The molecular formula is C32H39ClN14O4S4. The lowest BCUT2D eigenvalue weighted by Crippen LogP contribution is -2.27. The molecule has 0 atom stereocenters. The van der Waals surface area contributed by atoms with Gasteiger partial charge in [-0.3, -0.25) is 9.59 Å². The number of carbonyl (C=O) groups excluding carboxylic acids is 2. The van der Waals surface area contributed by atoms with Gasteiger partial charge in [-0.05, 0) is 69.2 Å². The summed E-state index contributed by atoms with van der Waals surface area (Å²) in [5, 5.41) is 46.2. The van der Waals surface area contributed by atoms with Gasteiger partial charge >= 0.3 is 0 Å². The molecule has 0 aromatic carbocycles. The fourth-order valence-corrected chi connectivity index (χ4v) is 6.00. The molecule has 6 aromatic heterocycles. The number of oxime groups is 2. The molecule has 0 saturated carbocycles. The molecule has 292 valence electrons. The maximum atomic E-state index is 12.0. The van der Waals surface area contributed by atoms with Crippen molar-refractivity contribution in [1.82, 2.24) is 50.4 Å². The number of nitrogens with zero attached hydrogens (tertiary/aromatic N) is 12. The molecule has 0 spiro atoms. The second-order valence-electron chi connectivity index (χ2n) is 13.2. The zero-order valence-corrected chi connectivity index (χ0v) is 35.1. The number of hydrogen-bond donors (Lipinski definition) is 2. The van der Waals surface area contributed by atoms with Crippen LogP contribution in [-0.2, 0) is 32.5 Å². The number of rotatable bonds is 9. The quantitative estimate of drug-likeness (QED) is 0.0714. The molecule has 23 heteroatoms. The highest BCUT2D eigenvalue weighted by Crippen LogP contribution is 2.21. The van der Waals surface area contributed by atoms with Gasteiger partial charge in [-0.2, -0.15) is 32.0 Å². The van der Waals surface area contributed by atoms with Gasteiger partial charge in [0.2, 0.25) is 22.8 Å². The minimum Gasteiger partial charge on any atom is -0.387 e. The summed E-state index contributed by atoms with van der Waals surface area (Å²) in [5.41, 5.74) is 7.86. The number of amides is 1. The number of carbonyl (C=O) groups is 2. The fraction of sp³-hybridized carbons (Fsp3) is 0.375. The van der Waals surface area contributed by atoms with E-state index in [-0.39, 0.29) is 29.8 Å². The van der Waals surface area contributed by atoms with E-state index in [1.807, 2.05) is 65.2 Å². The highest BCUT2D eigenvalue weighted by atomic mass is 35.5. The Morgan fingerprint density at radius 3 is 1.62 bits per heavy atom. The number of nitrogens with two attached hydrogens (primary N) is 1. The molecule has 55 heavy (non-hydrogen) atoms. The first-order valence-electron chi connectivity index (χ1n) is 16.1. The first-order valence-corrected chi connectivity index (χ1v) is 20.2. The third kappa shape index (κ3) is 13.1. The Bertz CT molecular complexity index is 2180. The van der Waals surface area contributed by atoms with Crippen LogP contribution in [0.4, 0.5) is 10.3 Å². The topological polar surface area (TPSA) is 228 Å². The lowest BCUT2D eigenvalue weighted by Gasteiger charge is -2.15. The lowest BCUT2D eigenvalue weighted by molar-refractivity contribution is -0.123. The molecule has 0 bridgehead atoms. The molecule has 0 fully saturated rings. The summed E-state index contributed by atoms with van der Waals surface area (Å²) in [6, 6.07) is 3.84. The van der Waals surface area contributed by atoms with Gasteiger partial charge in [-0.15, -0.1) is 32.9 Å². The maximum absolute atomic E-state index is 12.0. The third-order valence-electron chi connectivity index (χ3n) is 6.55. The molecule has 6 heterocycles. The first-order chi connectivity index (χ1) is 26.0. The van der Waals surface area contributed by atoms with Crippen molar-refractivity contribution in [2.75, 3.05) is 11.1 Å². The van der Waals surface area contributed by atoms with E-state index in [0.717, 1.165) is 16.8 Å². The van der Waals surface area contributed by atoms with E-state index in [0.29, 0.717) is 39.3 Å². The summed E-state index contributed by atoms with van der Waals surface area (Å²) in [6.07, 6.45) is 0. The van der Waals surface area contributed by atoms with Crippen molar-refractivity contribution in [3.8, 4) is 0 Å². The standard InChI is InChI=1S/C16H19N7O2S2.C11H11N7OS2.C5H9ClO/c1-10-19-21-22-23(10)13(11-5-6-26-8-11)20-25-7-12-9-27-15(17-12)18-14(24)16(2,3)4;1-7-14-16-17-18(7)10(8-2-3-20-5-8)15-19-4-9-6-21-11(12)13-9;1-5(2,3)4(6)7/h5-6,8-9H,7H2,1-4H3,(H,17,18,24);2-3,5-6H,4H2,1H3,(H2,12,13);1-3H3/b20-13+;15-10+;. The number of thiazole rings is 2. The summed E-state index contributed by atoms with van der Waals surface area (Å²) in [7, 11) is 0. The second kappa shape index (κ2) is 19.5. The molecule has 0 saturated heterocycles. The largest absolute Gasteiger partial charge is 0.387 e. The molecule has 3 N–H and O–H groups in total. The number of aryl methyl sites for hydroxylation is 2. The zero-order valence-electron chi connectivity index (χ0n) is 31.1. The molecule has 0 aliphatic rings. The smallest absolute Gasteiger partial charge is 0.231 e. The number of halogens is 1. The Morgan fingerprint density at radius 1 is 0.782 bits per heavy atom. The minimum atomic E-state index is -0.480. The molecule has 0 radical (unpaired) electrons. The van der Waals surface area contributed by atoms with Gasteiger partial charge < -0.3 is 20.7 Å². The van der Waals surface area contributed by atoms with Crippen molar-refractivity contribution >= 4 is 90.0 Å². The van der Waals surface area contributed by atoms with Gasteiger partial charge in [0, 0.05) is 43.5 Å². The summed E-state index contributed by atoms with van der Waals surface area (Å²) in [4.78, 5) is 41.6. The van der Waals surface area contributed by atoms with E-state index < -0.39 is 5.41 Å². The van der Waals surface area contributed by atoms with Crippen molar-refractivity contribution in [2.24, 2.45) is 21.1 Å². The van der Waals surface area contributed by atoms with Gasteiger partial charge in [0.1, 0.15) is 0 Å². The highest BCUT2D eigenvalue weighted by molar-refractivity contribution is 7.14. The number of nitrogen functional groups attached to an aromatic ring is 1. The van der Waals surface area contributed by atoms with Gasteiger partial charge in [-0.1, -0.05) is 51.9 Å². The van der Waals surface area contributed by atoms with Crippen LogP contribution >= 0.6 is 56.9 Å². The van der Waals surface area contributed by atoms with E-state index in [2.05, 4.69) is 56.6 Å². The van der Waals surface area contributed by atoms with E-state index in [1.54, 1.807) is 57.3 Å². The van der Waals surface area contributed by atoms with Crippen LogP contribution in [0.15, 0.2) is 54.7 Å². The number of thiophene rings is 2. The lowest BCUT2D eigenvalue weighted by atomic mass is 9.96. The Morgan fingerprint density at radius 2 is 1.25 bits per heavy atom. The third-order valence-corrected chi connectivity index (χ3v) is 10.0. The number of nitrogens with one attached hydrogen (secondary N) is 1. The van der Waals surface area contributed by atoms with Crippen LogP contribution in [0.5, 0.6) is 0 Å². The van der Waals surface area contributed by atoms with E-state index in [1.165, 1.54) is 32.0 Å². The van der Waals surface area contributed by atoms with Crippen LogP contribution in [0.3, 0.4) is 0 Å². The molecule has 0 aliphatic carbocycles. The van der Waals surface area contributed by atoms with Crippen LogP contribution in [0, 0.1) is 24.7 Å². The molecule has 6 aromatic rings. The number of aromatic nitrogens is 10. The van der Waals surface area contributed by atoms with Crippen LogP contribution < -0.4 is 11.1 Å². The zero-order chi connectivity index (χ0) is 40.2. The van der Waals surface area contributed by atoms with Crippen LogP contribution in [0.1, 0.15) is 75.7 Å². The van der Waals surface area contributed by atoms with E-state index in [9.17, 15) is 9.59 Å². The first kappa shape index (κ1) is 42.7. The molecule has 0 unspecified atom stereocenters. The van der Waals surface area contributed by atoms with Crippen molar-refractivity contribution in [3.63, 3.8) is 0 Å². The van der Waals surface area contributed by atoms with Crippen molar-refractivity contribution in [3.05, 3.63) is 78.6 Å². The summed E-state index contributed by atoms with van der Waals surface area (Å²) in [5.74, 6) is 2.17. The van der Waals surface area contributed by atoms with Crippen LogP contribution in [0.2, 0.25) is 0 Å². The monoisotopic (exact) mass is 846 g/mol. The highest BCUT2D eigenvalue weighted by Gasteiger charge is 2.22. The fourth-order valence-electron chi connectivity index (χ4n) is 3.49. The number of anilines is 2. The Balaban J connectivity index is 0.000000213. The van der Waals surface area contributed by atoms with Crippen LogP contribution in [-0.4, -0.2) is 73.2 Å². The average Bonchev–Trinajstić information content (AvgIpc) is 3.97.